The van der Waals surface area contributed by atoms with Gasteiger partial charge in [0.15, 0.2) is 0 Å². The lowest BCUT2D eigenvalue weighted by molar-refractivity contribution is -0.144. The van der Waals surface area contributed by atoms with Crippen molar-refractivity contribution >= 4 is 11.8 Å². The summed E-state index contributed by atoms with van der Waals surface area (Å²) < 4.78 is 5.45. The van der Waals surface area contributed by atoms with Crippen molar-refractivity contribution in [2.24, 2.45) is 5.92 Å². The molecule has 28 heavy (non-hydrogen) atoms. The zero-order chi connectivity index (χ0) is 20.5. The molecule has 0 aliphatic rings. The fraction of sp³-hybridized carbons (Fsp3) is 0.478. The Hall–Kier alpha value is -2.56. The average Bonchev–Trinajstić information content (AvgIpc) is 3.21. The quantitative estimate of drug-likeness (QED) is 0.619. The topological polar surface area (TPSA) is 53.8 Å². The molecule has 152 valence electrons. The zero-order valence-electron chi connectivity index (χ0n) is 17.4. The van der Waals surface area contributed by atoms with Crippen LogP contribution in [0.25, 0.3) is 0 Å². The van der Waals surface area contributed by atoms with E-state index in [0.717, 1.165) is 18.6 Å². The summed E-state index contributed by atoms with van der Waals surface area (Å²) in [4.78, 5) is 29.3. The van der Waals surface area contributed by atoms with Crippen molar-refractivity contribution in [2.75, 3.05) is 13.1 Å². The summed E-state index contributed by atoms with van der Waals surface area (Å²) in [5.74, 6) is 0.571. The van der Waals surface area contributed by atoms with Crippen molar-refractivity contribution in [1.29, 1.82) is 0 Å². The van der Waals surface area contributed by atoms with Crippen LogP contribution in [0.2, 0.25) is 0 Å². The van der Waals surface area contributed by atoms with Crippen molar-refractivity contribution < 1.29 is 14.0 Å². The number of hydrogen-bond donors (Lipinski definition) is 0. The molecule has 5 heteroatoms. The first-order valence-electron chi connectivity index (χ1n) is 10.1. The lowest BCUT2D eigenvalue weighted by atomic mass is 10.1. The SMILES string of the molecule is CC[C@@H](C)N(CC(=O)N(CCc1ccccc1)Cc1ccco1)C(=O)C(C)C. The molecule has 1 aromatic heterocycles. The van der Waals surface area contributed by atoms with Crippen LogP contribution >= 0.6 is 0 Å². The number of carbonyl (C=O) groups is 2. The fourth-order valence-electron chi connectivity index (χ4n) is 3.04. The summed E-state index contributed by atoms with van der Waals surface area (Å²) in [7, 11) is 0. The molecule has 0 saturated heterocycles. The number of hydrogen-bond acceptors (Lipinski definition) is 3. The van der Waals surface area contributed by atoms with Gasteiger partial charge in [-0.2, -0.15) is 0 Å². The molecule has 0 saturated carbocycles. The molecular weight excluding hydrogens is 352 g/mol. The first-order chi connectivity index (χ1) is 13.4. The predicted molar refractivity (Wildman–Crippen MR) is 111 cm³/mol. The molecule has 2 rings (SSSR count). The van der Waals surface area contributed by atoms with Crippen LogP contribution in [-0.2, 0) is 22.6 Å². The Balaban J connectivity index is 2.12. The van der Waals surface area contributed by atoms with Gasteiger partial charge >= 0.3 is 0 Å². The van der Waals surface area contributed by atoms with Gasteiger partial charge in [-0.3, -0.25) is 9.59 Å². The Morgan fingerprint density at radius 2 is 1.75 bits per heavy atom. The Morgan fingerprint density at radius 3 is 2.32 bits per heavy atom. The first-order valence-corrected chi connectivity index (χ1v) is 10.1. The maximum Gasteiger partial charge on any atom is 0.242 e. The van der Waals surface area contributed by atoms with E-state index in [1.165, 1.54) is 5.56 Å². The zero-order valence-corrected chi connectivity index (χ0v) is 17.4. The van der Waals surface area contributed by atoms with Crippen molar-refractivity contribution in [3.05, 3.63) is 60.1 Å². The number of carbonyl (C=O) groups excluding carboxylic acids is 2. The molecule has 0 spiro atoms. The fourth-order valence-corrected chi connectivity index (χ4v) is 3.04. The summed E-state index contributed by atoms with van der Waals surface area (Å²) in [6, 6.07) is 13.8. The summed E-state index contributed by atoms with van der Waals surface area (Å²) >= 11 is 0. The second-order valence-corrected chi connectivity index (χ2v) is 7.51. The molecule has 2 aromatic rings. The van der Waals surface area contributed by atoms with Gasteiger partial charge < -0.3 is 14.2 Å². The Morgan fingerprint density at radius 1 is 1.04 bits per heavy atom. The van der Waals surface area contributed by atoms with Gasteiger partial charge in [-0.05, 0) is 37.5 Å². The number of nitrogens with zero attached hydrogens (tertiary/aromatic N) is 2. The van der Waals surface area contributed by atoms with Gasteiger partial charge in [0.25, 0.3) is 0 Å². The molecule has 5 nitrogen and oxygen atoms in total. The summed E-state index contributed by atoms with van der Waals surface area (Å²) in [6.07, 6.45) is 3.19. The second kappa shape index (κ2) is 10.7. The lowest BCUT2D eigenvalue weighted by Gasteiger charge is -2.32. The van der Waals surface area contributed by atoms with Crippen LogP contribution in [0.5, 0.6) is 0 Å². The molecule has 0 bridgehead atoms. The lowest BCUT2D eigenvalue weighted by Crippen LogP contribution is -2.48. The second-order valence-electron chi connectivity index (χ2n) is 7.51. The van der Waals surface area contributed by atoms with Crippen molar-refractivity contribution in [3.63, 3.8) is 0 Å². The number of furan rings is 1. The molecule has 0 N–H and O–H groups in total. The van der Waals surface area contributed by atoms with Gasteiger partial charge in [-0.25, -0.2) is 0 Å². The first kappa shape index (κ1) is 21.7. The van der Waals surface area contributed by atoms with Gasteiger partial charge in [0, 0.05) is 18.5 Å². The minimum atomic E-state index is -0.135. The minimum Gasteiger partial charge on any atom is -0.467 e. The maximum absolute atomic E-state index is 13.1. The van der Waals surface area contributed by atoms with E-state index < -0.39 is 0 Å². The average molecular weight is 385 g/mol. The van der Waals surface area contributed by atoms with E-state index in [9.17, 15) is 9.59 Å². The molecule has 0 fully saturated rings. The highest BCUT2D eigenvalue weighted by Gasteiger charge is 2.26. The molecule has 1 atom stereocenters. The van der Waals surface area contributed by atoms with Crippen LogP contribution < -0.4 is 0 Å². The van der Waals surface area contributed by atoms with E-state index in [1.54, 1.807) is 16.1 Å². The largest absolute Gasteiger partial charge is 0.467 e. The van der Waals surface area contributed by atoms with Crippen LogP contribution in [0.15, 0.2) is 53.1 Å². The number of benzene rings is 1. The van der Waals surface area contributed by atoms with Gasteiger partial charge in [0.2, 0.25) is 11.8 Å². The van der Waals surface area contributed by atoms with Crippen LogP contribution in [0.1, 0.15) is 45.4 Å². The molecule has 0 aliphatic heterocycles. The van der Waals surface area contributed by atoms with Crippen LogP contribution in [-0.4, -0.2) is 40.7 Å². The Labute approximate surface area is 168 Å². The van der Waals surface area contributed by atoms with E-state index in [4.69, 9.17) is 4.42 Å². The molecule has 0 unspecified atom stereocenters. The summed E-state index contributed by atoms with van der Waals surface area (Å²) in [6.45, 7) is 8.86. The molecule has 1 heterocycles. The van der Waals surface area contributed by atoms with Crippen LogP contribution in [0, 0.1) is 5.92 Å². The maximum atomic E-state index is 13.1. The third-order valence-electron chi connectivity index (χ3n) is 5.00. The summed E-state index contributed by atoms with van der Waals surface area (Å²) in [5, 5.41) is 0. The highest BCUT2D eigenvalue weighted by molar-refractivity contribution is 5.86. The van der Waals surface area contributed by atoms with E-state index in [2.05, 4.69) is 12.1 Å². The Bertz CT molecular complexity index is 726. The predicted octanol–water partition coefficient (Wildman–Crippen LogP) is 4.13. The van der Waals surface area contributed by atoms with Crippen molar-refractivity contribution in [3.8, 4) is 0 Å². The van der Waals surface area contributed by atoms with E-state index in [1.807, 2.05) is 58.0 Å². The third-order valence-corrected chi connectivity index (χ3v) is 5.00. The molecule has 1 aromatic carbocycles. The third kappa shape index (κ3) is 6.25. The standard InChI is InChI=1S/C23H32N2O3/c1-5-19(4)25(23(27)18(2)3)17-22(26)24(16-21-12-9-15-28-21)14-13-20-10-7-6-8-11-20/h6-12,15,18-19H,5,13-14,16-17H2,1-4H3/t19-/m1/s1. The Kier molecular flexibility index (Phi) is 8.30. The van der Waals surface area contributed by atoms with E-state index in [0.29, 0.717) is 13.1 Å². The van der Waals surface area contributed by atoms with Crippen molar-refractivity contribution in [2.45, 2.75) is 53.1 Å². The van der Waals surface area contributed by atoms with E-state index >= 15 is 0 Å². The number of rotatable bonds is 10. The summed E-state index contributed by atoms with van der Waals surface area (Å²) in [5.41, 5.74) is 1.18. The molecule has 0 radical (unpaired) electrons. The molecule has 0 aliphatic carbocycles. The van der Waals surface area contributed by atoms with Crippen LogP contribution in [0.4, 0.5) is 0 Å². The van der Waals surface area contributed by atoms with Crippen LogP contribution in [0.3, 0.4) is 0 Å². The molecular formula is C23H32N2O3. The normalized spacial score (nSPS) is 12.0. The van der Waals surface area contributed by atoms with Gasteiger partial charge in [-0.1, -0.05) is 51.1 Å². The highest BCUT2D eigenvalue weighted by atomic mass is 16.3. The number of amides is 2. The van der Waals surface area contributed by atoms with E-state index in [-0.39, 0.29) is 30.3 Å². The van der Waals surface area contributed by atoms with Crippen molar-refractivity contribution in [1.82, 2.24) is 9.80 Å². The smallest absolute Gasteiger partial charge is 0.242 e. The monoisotopic (exact) mass is 384 g/mol. The van der Waals surface area contributed by atoms with Gasteiger partial charge in [-0.15, -0.1) is 0 Å². The minimum absolute atomic E-state index is 0.0173. The van der Waals surface area contributed by atoms with Gasteiger partial charge in [0.1, 0.15) is 12.3 Å². The highest BCUT2D eigenvalue weighted by Crippen LogP contribution is 2.13. The molecule has 2 amide bonds. The van der Waals surface area contributed by atoms with Gasteiger partial charge in [0.05, 0.1) is 12.8 Å².